The number of benzene rings is 3. The van der Waals surface area contributed by atoms with Crippen LogP contribution in [0.5, 0.6) is 5.75 Å². The molecule has 26 heteroatoms. The smallest absolute Gasteiger partial charge is 0.336 e. The molecule has 0 aromatic heterocycles. The van der Waals surface area contributed by atoms with Gasteiger partial charge in [0.15, 0.2) is 10.5 Å². The number of esters is 6. The molecule has 3 unspecified atom stereocenters. The Hall–Kier alpha value is -8.23. The van der Waals surface area contributed by atoms with Gasteiger partial charge in [-0.3, -0.25) is 53.0 Å². The van der Waals surface area contributed by atoms with Crippen LogP contribution < -0.4 is 26.7 Å². The van der Waals surface area contributed by atoms with E-state index in [2.05, 4.69) is 21.3 Å². The Kier molecular flexibility index (Phi) is 34.3. The van der Waals surface area contributed by atoms with Gasteiger partial charge in [-0.05, 0) is 135 Å². The minimum atomic E-state index is -1.32. The largest absolute Gasteiger partial charge is 0.508 e. The Morgan fingerprint density at radius 2 is 0.979 bits per heavy atom. The number of nitrogens with zero attached hydrogens (tertiary/aromatic N) is 2. The number of hydrogen-bond acceptors (Lipinski definition) is 21. The van der Waals surface area contributed by atoms with Gasteiger partial charge < -0.3 is 64.3 Å². The van der Waals surface area contributed by atoms with Crippen LogP contribution in [-0.2, 0) is 66.8 Å². The average Bonchev–Trinajstić information content (AvgIpc) is 0.750. The molecule has 0 radical (unpaired) electrons. The summed E-state index contributed by atoms with van der Waals surface area (Å²) in [5, 5.41) is 33.0. The van der Waals surface area contributed by atoms with Gasteiger partial charge in [-0.2, -0.15) is 0 Å². The van der Waals surface area contributed by atoms with Crippen LogP contribution in [0.15, 0.2) is 63.8 Å². The first-order valence-electron chi connectivity index (χ1n) is 33.0. The third kappa shape index (κ3) is 29.0. The number of unbranched alkanes of at least 4 members (excludes halogenated alkanes) is 2. The summed E-state index contributed by atoms with van der Waals surface area (Å²) in [6.45, 7) is 21.8. The molecule has 3 atom stereocenters. The van der Waals surface area contributed by atoms with Crippen molar-refractivity contribution in [2.24, 2.45) is 35.5 Å². The van der Waals surface area contributed by atoms with Crippen LogP contribution in [0.2, 0.25) is 0 Å². The van der Waals surface area contributed by atoms with Crippen LogP contribution in [0, 0.1) is 35.5 Å². The Labute approximate surface area is 568 Å². The zero-order chi connectivity index (χ0) is 71.2. The number of carboxylic acid groups (broad SMARTS) is 1. The van der Waals surface area contributed by atoms with E-state index >= 15 is 0 Å². The zero-order valence-corrected chi connectivity index (χ0v) is 58.5. The summed E-state index contributed by atoms with van der Waals surface area (Å²) >= 11 is 5.74. The molecule has 0 saturated carbocycles. The molecule has 0 spiro atoms. The van der Waals surface area contributed by atoms with Gasteiger partial charge >= 0.3 is 41.8 Å². The van der Waals surface area contributed by atoms with E-state index in [1.807, 2.05) is 83.1 Å². The lowest BCUT2D eigenvalue weighted by Crippen LogP contribution is -2.49. The second-order valence-electron chi connectivity index (χ2n) is 26.4. The Morgan fingerprint density at radius 3 is 1.44 bits per heavy atom. The van der Waals surface area contributed by atoms with Gasteiger partial charge in [0.2, 0.25) is 11.8 Å². The highest BCUT2D eigenvalue weighted by molar-refractivity contribution is 7.80. The molecular formula is C70H100N6O19S. The van der Waals surface area contributed by atoms with Crippen molar-refractivity contribution in [3.63, 3.8) is 0 Å². The van der Waals surface area contributed by atoms with Gasteiger partial charge in [0.05, 0.1) is 71.4 Å². The van der Waals surface area contributed by atoms with Gasteiger partial charge in [-0.15, -0.1) is 0 Å². The molecular weight excluding hydrogens is 1260 g/mol. The first kappa shape index (κ1) is 80.2. The molecule has 96 heavy (non-hydrogen) atoms. The number of rotatable bonds is 42. The molecule has 25 nitrogen and oxygen atoms in total. The Morgan fingerprint density at radius 1 is 0.531 bits per heavy atom. The lowest BCUT2D eigenvalue weighted by Gasteiger charge is -2.29. The minimum absolute atomic E-state index is 0.00655. The maximum absolute atomic E-state index is 14.3. The fraction of sp³-hybridized carbons (Fsp3) is 0.586. The highest BCUT2D eigenvalue weighted by Gasteiger charge is 2.34. The number of amides is 2. The number of hydrogen-bond donors (Lipinski definition) is 6. The molecule has 0 bridgehead atoms. The first-order valence-corrected chi connectivity index (χ1v) is 33.4. The number of aromatic hydroxyl groups is 1. The number of carbonyl (C=O) groups excluding carboxylic acids is 8. The highest BCUT2D eigenvalue weighted by atomic mass is 32.1. The summed E-state index contributed by atoms with van der Waals surface area (Å²) in [4.78, 5) is 136. The fourth-order valence-electron chi connectivity index (χ4n) is 9.64. The van der Waals surface area contributed by atoms with E-state index in [0.29, 0.717) is 42.2 Å². The van der Waals surface area contributed by atoms with Crippen molar-refractivity contribution in [2.75, 3.05) is 84.2 Å². The standard InChI is InChI=1S/C70H100N6O19S/c1-42(2)36-89-61(80)32-75(33-62(81)90-37-43(3)4)56(68(87)93-40-46(9)10)17-13-15-27-71-60(79)26-25-55(66(84)72-28-16-14-18-57(69(88)94-41-47(11)12)76(34-63(82)91-38-44(5)6)35-64(83)92-39-45(7)8)74-70(96)73-48-19-22-51(54(29-48)67(85)86)65-52-23-20-49(77)30-58(52)95-59-31-50(78)21-24-53(59)65/h19-24,29-31,42-47,55-57,77H,13-18,25-28,32-41H2,1-12H3,(H,71,79)(H,72,84)(H,85,86)(H2,73,74,96). The van der Waals surface area contributed by atoms with E-state index < -0.39 is 84.8 Å². The lowest BCUT2D eigenvalue weighted by atomic mass is 9.90. The average molecular weight is 1360 g/mol. The molecule has 1 heterocycles. The summed E-state index contributed by atoms with van der Waals surface area (Å²) in [6.07, 6.45) is 1.21. The quantitative estimate of drug-likeness (QED) is 0.00795. The molecule has 2 aliphatic rings. The zero-order valence-electron chi connectivity index (χ0n) is 57.7. The first-order chi connectivity index (χ1) is 45.4. The van der Waals surface area contributed by atoms with E-state index in [0.717, 1.165) is 0 Å². The van der Waals surface area contributed by atoms with Crippen LogP contribution in [0.4, 0.5) is 5.69 Å². The lowest BCUT2D eigenvalue weighted by molar-refractivity contribution is -0.160. The number of carbonyl (C=O) groups is 9. The Bertz CT molecular complexity index is 3220. The molecule has 1 aliphatic carbocycles. The second-order valence-corrected chi connectivity index (χ2v) is 26.8. The third-order valence-electron chi connectivity index (χ3n) is 14.3. The SMILES string of the molecule is CC(C)COC(=O)CN(CC(=O)OCC(C)C)C(CCCCNC(=O)CCC(NC(=S)Nc1ccc(-c2c3ccc(=O)cc-3oc3cc(O)ccc23)c(C(=O)O)c1)C(=O)NCCCCC(C(=O)OCC(C)C)N(CC(=O)OCC(C)C)CC(=O)OCC(C)C)C(=O)OCC(C)C. The number of anilines is 1. The number of phenolic OH excluding ortho intramolecular Hbond substituents is 1. The van der Waals surface area contributed by atoms with E-state index in [9.17, 15) is 58.2 Å². The van der Waals surface area contributed by atoms with E-state index in [4.69, 9.17) is 45.1 Å². The maximum atomic E-state index is 14.3. The third-order valence-corrected chi connectivity index (χ3v) is 14.6. The van der Waals surface area contributed by atoms with Crippen LogP contribution in [0.25, 0.3) is 33.4 Å². The predicted octanol–water partition coefficient (Wildman–Crippen LogP) is 8.51. The van der Waals surface area contributed by atoms with Crippen molar-refractivity contribution in [2.45, 2.75) is 153 Å². The van der Waals surface area contributed by atoms with Gasteiger partial charge in [-0.1, -0.05) is 89.2 Å². The monoisotopic (exact) mass is 1360 g/mol. The van der Waals surface area contributed by atoms with Crippen molar-refractivity contribution >= 4 is 87.6 Å². The summed E-state index contributed by atoms with van der Waals surface area (Å²) in [5.41, 5.74) is 0.952. The molecule has 530 valence electrons. The summed E-state index contributed by atoms with van der Waals surface area (Å²) in [6, 6.07) is 9.63. The molecule has 1 aliphatic heterocycles. The maximum Gasteiger partial charge on any atom is 0.336 e. The molecule has 4 rings (SSSR count). The van der Waals surface area contributed by atoms with Gasteiger partial charge in [0.25, 0.3) is 0 Å². The fourth-order valence-corrected chi connectivity index (χ4v) is 9.90. The van der Waals surface area contributed by atoms with E-state index in [1.54, 1.807) is 18.2 Å². The number of carboxylic acids is 1. The Balaban J connectivity index is 1.57. The highest BCUT2D eigenvalue weighted by Crippen LogP contribution is 2.42. The van der Waals surface area contributed by atoms with Crippen LogP contribution in [0.1, 0.15) is 145 Å². The molecule has 0 fully saturated rings. The van der Waals surface area contributed by atoms with Gasteiger partial charge in [0.1, 0.15) is 35.2 Å². The van der Waals surface area contributed by atoms with Crippen LogP contribution >= 0.6 is 12.2 Å². The predicted molar refractivity (Wildman–Crippen MR) is 365 cm³/mol. The number of ether oxygens (including phenoxy) is 6. The van der Waals surface area contributed by atoms with Crippen molar-refractivity contribution in [1.29, 1.82) is 0 Å². The molecule has 0 saturated heterocycles. The van der Waals surface area contributed by atoms with Crippen molar-refractivity contribution in [1.82, 2.24) is 25.8 Å². The van der Waals surface area contributed by atoms with Gasteiger partial charge in [-0.25, -0.2) is 4.79 Å². The minimum Gasteiger partial charge on any atom is -0.508 e. The van der Waals surface area contributed by atoms with Crippen molar-refractivity contribution in [3.8, 4) is 28.2 Å². The number of thiocarbonyl (C=S) groups is 1. The number of fused-ring (bicyclic) bond motifs is 2. The van der Waals surface area contributed by atoms with Gasteiger partial charge in [0, 0.05) is 53.8 Å². The number of phenols is 1. The van der Waals surface area contributed by atoms with Crippen LogP contribution in [0.3, 0.4) is 0 Å². The molecule has 6 N–H and O–H groups in total. The topological polar surface area (TPSA) is 334 Å². The molecule has 2 aromatic rings. The summed E-state index contributed by atoms with van der Waals surface area (Å²) in [5.74, 6) is -6.05. The van der Waals surface area contributed by atoms with E-state index in [-0.39, 0.29) is 171 Å². The van der Waals surface area contributed by atoms with Crippen molar-refractivity contribution < 1.29 is 86.2 Å². The van der Waals surface area contributed by atoms with Crippen molar-refractivity contribution in [3.05, 3.63) is 70.4 Å². The second kappa shape index (κ2) is 41.0. The van der Waals surface area contributed by atoms with E-state index in [1.165, 1.54) is 46.2 Å². The number of nitrogens with one attached hydrogen (secondary N) is 4. The summed E-state index contributed by atoms with van der Waals surface area (Å²) < 4.78 is 39.0. The summed E-state index contributed by atoms with van der Waals surface area (Å²) in [7, 11) is 0. The number of aromatic carboxylic acids is 1. The molecule has 2 amide bonds. The normalized spacial score (nSPS) is 12.5. The molecule has 2 aromatic carbocycles. The van der Waals surface area contributed by atoms with Crippen LogP contribution in [-0.4, -0.2) is 176 Å².